The molecule has 0 fully saturated rings. The number of nitrogens with one attached hydrogen (secondary N) is 1. The van der Waals surface area contributed by atoms with Crippen molar-refractivity contribution in [1.29, 1.82) is 0 Å². The summed E-state index contributed by atoms with van der Waals surface area (Å²) in [4.78, 5) is 13.3. The van der Waals surface area contributed by atoms with Crippen LogP contribution in [0.3, 0.4) is 0 Å². The van der Waals surface area contributed by atoms with E-state index in [1.807, 2.05) is 30.1 Å². The average molecular weight is 483 g/mol. The third kappa shape index (κ3) is 4.05. The maximum absolute atomic E-state index is 13.6. The van der Waals surface area contributed by atoms with Gasteiger partial charge in [-0.25, -0.2) is 4.39 Å². The van der Waals surface area contributed by atoms with Crippen LogP contribution in [0.1, 0.15) is 24.1 Å². The first-order chi connectivity index (χ1) is 15.9. The van der Waals surface area contributed by atoms with E-state index in [2.05, 4.69) is 11.5 Å². The number of hydrazine groups is 1. The van der Waals surface area contributed by atoms with Gasteiger partial charge in [0.2, 0.25) is 0 Å². The topological polar surface area (TPSA) is 47.9 Å². The minimum absolute atomic E-state index is 0.278. The van der Waals surface area contributed by atoms with Crippen LogP contribution in [-0.4, -0.2) is 18.2 Å². The molecular weight excluding hydrogens is 462 g/mol. The largest absolute Gasteiger partial charge is 0.286 e. The molecule has 0 aliphatic carbocycles. The van der Waals surface area contributed by atoms with Crippen molar-refractivity contribution in [2.75, 3.05) is 16.6 Å². The first kappa shape index (κ1) is 21.7. The van der Waals surface area contributed by atoms with E-state index in [0.29, 0.717) is 28.0 Å². The van der Waals surface area contributed by atoms with Crippen LogP contribution in [0.5, 0.6) is 0 Å². The number of para-hydroxylation sites is 1. The molecule has 0 bridgehead atoms. The van der Waals surface area contributed by atoms with Crippen molar-refractivity contribution >= 4 is 46.2 Å². The van der Waals surface area contributed by atoms with Gasteiger partial charge in [0.05, 0.1) is 22.4 Å². The van der Waals surface area contributed by atoms with Gasteiger partial charge in [0, 0.05) is 17.5 Å². The normalized spacial score (nSPS) is 19.5. The second kappa shape index (κ2) is 8.69. The SMILES string of the molecule is C[C@H]1C(C(=O)NN2CCc3ccccc32)=NN(c2ccc(Cl)cc2Cl)[C@H]1c1ccc(F)cc1. The predicted octanol–water partition coefficient (Wildman–Crippen LogP) is 5.78. The zero-order valence-electron chi connectivity index (χ0n) is 17.8. The van der Waals surface area contributed by atoms with Crippen molar-refractivity contribution in [3.05, 3.63) is 93.7 Å². The van der Waals surface area contributed by atoms with Crippen molar-refractivity contribution < 1.29 is 9.18 Å². The summed E-state index contributed by atoms with van der Waals surface area (Å²) in [5.41, 5.74) is 7.01. The van der Waals surface area contributed by atoms with Crippen molar-refractivity contribution in [3.63, 3.8) is 0 Å². The number of hydrogen-bond acceptors (Lipinski definition) is 4. The molecule has 0 spiro atoms. The summed E-state index contributed by atoms with van der Waals surface area (Å²) in [6, 6.07) is 19.0. The summed E-state index contributed by atoms with van der Waals surface area (Å²) in [5, 5.41) is 9.20. The number of hydrogen-bond donors (Lipinski definition) is 1. The summed E-state index contributed by atoms with van der Waals surface area (Å²) < 4.78 is 13.6. The Morgan fingerprint density at radius 2 is 1.82 bits per heavy atom. The van der Waals surface area contributed by atoms with E-state index in [0.717, 1.165) is 17.7 Å². The fourth-order valence-corrected chi connectivity index (χ4v) is 4.97. The molecule has 1 N–H and O–H groups in total. The molecule has 0 saturated heterocycles. The number of rotatable bonds is 4. The highest BCUT2D eigenvalue weighted by atomic mass is 35.5. The van der Waals surface area contributed by atoms with E-state index in [1.165, 1.54) is 17.7 Å². The fraction of sp³-hybridized carbons (Fsp3) is 0.200. The Bertz CT molecular complexity index is 1250. The van der Waals surface area contributed by atoms with Crippen molar-refractivity contribution in [1.82, 2.24) is 5.43 Å². The van der Waals surface area contributed by atoms with E-state index < -0.39 is 0 Å². The van der Waals surface area contributed by atoms with Gasteiger partial charge in [0.25, 0.3) is 5.91 Å². The molecule has 5 rings (SSSR count). The third-order valence-electron chi connectivity index (χ3n) is 6.11. The Labute approximate surface area is 201 Å². The first-order valence-electron chi connectivity index (χ1n) is 10.7. The molecule has 0 saturated carbocycles. The lowest BCUT2D eigenvalue weighted by Gasteiger charge is -2.27. The van der Waals surface area contributed by atoms with E-state index in [1.54, 1.807) is 35.3 Å². The van der Waals surface area contributed by atoms with Crippen molar-refractivity contribution in [2.24, 2.45) is 11.0 Å². The lowest BCUT2D eigenvalue weighted by atomic mass is 9.91. The zero-order valence-corrected chi connectivity index (χ0v) is 19.3. The molecule has 3 aromatic rings. The van der Waals surface area contributed by atoms with Gasteiger partial charge >= 0.3 is 0 Å². The van der Waals surface area contributed by atoms with E-state index in [-0.39, 0.29) is 23.7 Å². The van der Waals surface area contributed by atoms with Gasteiger partial charge in [0.1, 0.15) is 11.5 Å². The maximum Gasteiger partial charge on any atom is 0.286 e. The number of nitrogens with zero attached hydrogens (tertiary/aromatic N) is 3. The Morgan fingerprint density at radius 3 is 2.58 bits per heavy atom. The van der Waals surface area contributed by atoms with E-state index in [9.17, 15) is 9.18 Å². The smallest absolute Gasteiger partial charge is 0.285 e. The highest BCUT2D eigenvalue weighted by Crippen LogP contribution is 2.42. The molecule has 5 nitrogen and oxygen atoms in total. The molecule has 168 valence electrons. The number of benzene rings is 3. The molecule has 33 heavy (non-hydrogen) atoms. The summed E-state index contributed by atoms with van der Waals surface area (Å²) in [6.45, 7) is 2.63. The van der Waals surface area contributed by atoms with Crippen molar-refractivity contribution in [3.8, 4) is 0 Å². The van der Waals surface area contributed by atoms with E-state index in [4.69, 9.17) is 28.3 Å². The van der Waals surface area contributed by atoms with Gasteiger partial charge in [-0.1, -0.05) is 60.5 Å². The molecule has 2 atom stereocenters. The Balaban J connectivity index is 1.49. The molecule has 8 heteroatoms. The van der Waals surface area contributed by atoms with Gasteiger partial charge in [-0.15, -0.1) is 0 Å². The van der Waals surface area contributed by atoms with Crippen LogP contribution in [0.25, 0.3) is 0 Å². The van der Waals surface area contributed by atoms with Gasteiger partial charge in [-0.2, -0.15) is 5.10 Å². The van der Waals surface area contributed by atoms with Crippen LogP contribution in [0.2, 0.25) is 10.0 Å². The first-order valence-corrected chi connectivity index (χ1v) is 11.4. The van der Waals surface area contributed by atoms with Gasteiger partial charge < -0.3 is 0 Å². The predicted molar refractivity (Wildman–Crippen MR) is 130 cm³/mol. The van der Waals surface area contributed by atoms with Gasteiger partial charge in [-0.3, -0.25) is 20.2 Å². The number of hydrazone groups is 1. The summed E-state index contributed by atoms with van der Waals surface area (Å²) in [6.07, 6.45) is 0.864. The van der Waals surface area contributed by atoms with Crippen LogP contribution in [-0.2, 0) is 11.2 Å². The number of carbonyl (C=O) groups is 1. The van der Waals surface area contributed by atoms with Crippen molar-refractivity contribution in [2.45, 2.75) is 19.4 Å². The minimum Gasteiger partial charge on any atom is -0.285 e. The molecule has 0 radical (unpaired) electrons. The molecule has 1 amide bonds. The quantitative estimate of drug-likeness (QED) is 0.512. The fourth-order valence-electron chi connectivity index (χ4n) is 4.48. The lowest BCUT2D eigenvalue weighted by molar-refractivity contribution is -0.115. The highest BCUT2D eigenvalue weighted by Gasteiger charge is 2.40. The number of anilines is 2. The van der Waals surface area contributed by atoms with E-state index >= 15 is 0 Å². The van der Waals surface area contributed by atoms with Crippen LogP contribution in [0, 0.1) is 11.7 Å². The third-order valence-corrected chi connectivity index (χ3v) is 6.65. The molecule has 2 aliphatic heterocycles. The molecule has 2 heterocycles. The summed E-state index contributed by atoms with van der Waals surface area (Å²) in [5.74, 6) is -0.883. The Kier molecular flexibility index (Phi) is 5.72. The molecule has 0 aromatic heterocycles. The Hall–Kier alpha value is -3.09. The second-order valence-corrected chi connectivity index (χ2v) is 9.03. The van der Waals surface area contributed by atoms with Crippen LogP contribution in [0.15, 0.2) is 71.8 Å². The number of amides is 1. The molecular formula is C25H21Cl2FN4O. The van der Waals surface area contributed by atoms with Crippen LogP contribution in [0.4, 0.5) is 15.8 Å². The van der Waals surface area contributed by atoms with Crippen LogP contribution < -0.4 is 15.4 Å². The molecule has 0 unspecified atom stereocenters. The minimum atomic E-state index is -0.337. The highest BCUT2D eigenvalue weighted by molar-refractivity contribution is 6.41. The second-order valence-electron chi connectivity index (χ2n) is 8.18. The lowest BCUT2D eigenvalue weighted by Crippen LogP contribution is -2.45. The van der Waals surface area contributed by atoms with Crippen LogP contribution >= 0.6 is 23.2 Å². The standard InChI is InChI=1S/C25H21Cl2FN4O/c1-15-23(25(33)30-31-13-12-16-4-2-3-5-21(16)31)29-32(22-11-8-18(26)14-20(22)27)24(15)17-6-9-19(28)10-7-17/h2-11,14-15,24H,12-13H2,1H3,(H,30,33)/t15-,24+/m0/s1. The van der Waals surface area contributed by atoms with Gasteiger partial charge in [-0.05, 0) is 53.9 Å². The summed E-state index contributed by atoms with van der Waals surface area (Å²) >= 11 is 12.6. The summed E-state index contributed by atoms with van der Waals surface area (Å²) in [7, 11) is 0. The number of halogens is 3. The van der Waals surface area contributed by atoms with Gasteiger partial charge in [0.15, 0.2) is 0 Å². The average Bonchev–Trinajstić information content (AvgIpc) is 3.36. The maximum atomic E-state index is 13.6. The monoisotopic (exact) mass is 482 g/mol. The molecule has 2 aliphatic rings. The molecule has 3 aromatic carbocycles. The number of fused-ring (bicyclic) bond motifs is 1. The Morgan fingerprint density at radius 1 is 1.06 bits per heavy atom. The zero-order chi connectivity index (χ0) is 23.1. The number of carbonyl (C=O) groups excluding carboxylic acids is 1.